The number of nitrogen functional groups attached to an aromatic ring is 1. The number of nitrogens with zero attached hydrogens (tertiary/aromatic N) is 2. The lowest BCUT2D eigenvalue weighted by atomic mass is 10.2. The molecule has 1 aromatic heterocycles. The second kappa shape index (κ2) is 6.49. The first-order chi connectivity index (χ1) is 9.93. The number of benzene rings is 1. The average molecular weight is 373 g/mol. The second-order valence-corrected chi connectivity index (χ2v) is 5.68. The monoisotopic (exact) mass is 371 g/mol. The molecule has 0 bridgehead atoms. The van der Waals surface area contributed by atoms with Gasteiger partial charge in [-0.15, -0.1) is 0 Å². The minimum Gasteiger partial charge on any atom is -0.456 e. The molecule has 21 heavy (non-hydrogen) atoms. The average Bonchev–Trinajstić information content (AvgIpc) is 2.74. The van der Waals surface area contributed by atoms with Crippen molar-refractivity contribution in [2.75, 3.05) is 5.73 Å². The number of esters is 1. The molecular formula is C14H15BrClN3O2. The Morgan fingerprint density at radius 3 is 2.90 bits per heavy atom. The van der Waals surface area contributed by atoms with Gasteiger partial charge in [-0.2, -0.15) is 5.10 Å². The summed E-state index contributed by atoms with van der Waals surface area (Å²) in [6.07, 6.45) is 0. The van der Waals surface area contributed by atoms with Crippen LogP contribution in [-0.2, 0) is 17.9 Å². The third kappa shape index (κ3) is 3.39. The molecular weight excluding hydrogens is 358 g/mol. The Morgan fingerprint density at radius 1 is 1.52 bits per heavy atom. The van der Waals surface area contributed by atoms with E-state index in [4.69, 9.17) is 22.1 Å². The molecule has 5 nitrogen and oxygen atoms in total. The van der Waals surface area contributed by atoms with Crippen molar-refractivity contribution in [2.24, 2.45) is 0 Å². The number of hydrogen-bond donors (Lipinski definition) is 1. The zero-order chi connectivity index (χ0) is 15.6. The van der Waals surface area contributed by atoms with Crippen LogP contribution in [-0.4, -0.2) is 15.7 Å². The third-order valence-electron chi connectivity index (χ3n) is 3.00. The zero-order valence-electron chi connectivity index (χ0n) is 11.7. The smallest absolute Gasteiger partial charge is 0.340 e. The van der Waals surface area contributed by atoms with Gasteiger partial charge in [0.15, 0.2) is 0 Å². The summed E-state index contributed by atoms with van der Waals surface area (Å²) in [4.78, 5) is 12.1. The zero-order valence-corrected chi connectivity index (χ0v) is 14.0. The molecule has 7 heteroatoms. The van der Waals surface area contributed by atoms with Crippen LogP contribution in [0.1, 0.15) is 28.7 Å². The van der Waals surface area contributed by atoms with E-state index in [0.29, 0.717) is 17.3 Å². The van der Waals surface area contributed by atoms with Crippen molar-refractivity contribution in [3.8, 4) is 0 Å². The van der Waals surface area contributed by atoms with Crippen molar-refractivity contribution in [3.63, 3.8) is 0 Å². The summed E-state index contributed by atoms with van der Waals surface area (Å²) in [5, 5.41) is 4.66. The highest BCUT2D eigenvalue weighted by molar-refractivity contribution is 9.10. The number of ether oxygens (including phenoxy) is 1. The Morgan fingerprint density at radius 2 is 2.24 bits per heavy atom. The fourth-order valence-electron chi connectivity index (χ4n) is 1.92. The quantitative estimate of drug-likeness (QED) is 0.658. The Balaban J connectivity index is 2.16. The van der Waals surface area contributed by atoms with Gasteiger partial charge in [-0.25, -0.2) is 4.79 Å². The molecule has 2 aromatic rings. The van der Waals surface area contributed by atoms with E-state index in [1.807, 2.05) is 13.8 Å². The molecule has 0 radical (unpaired) electrons. The predicted molar refractivity (Wildman–Crippen MR) is 85.3 cm³/mol. The maximum atomic E-state index is 12.1. The molecule has 0 saturated carbocycles. The molecule has 0 aliphatic rings. The number of nitrogens with two attached hydrogens (primary N) is 1. The summed E-state index contributed by atoms with van der Waals surface area (Å²) in [6, 6.07) is 4.71. The molecule has 1 aromatic carbocycles. The topological polar surface area (TPSA) is 70.1 Å². The SMILES string of the molecule is CCn1nc(C)c(Br)c1COC(=O)c1cc(N)ccc1Cl. The van der Waals surface area contributed by atoms with Crippen LogP contribution in [0, 0.1) is 6.92 Å². The molecule has 0 saturated heterocycles. The number of hydrogen-bond acceptors (Lipinski definition) is 4. The van der Waals surface area contributed by atoms with Crippen molar-refractivity contribution < 1.29 is 9.53 Å². The van der Waals surface area contributed by atoms with Crippen LogP contribution in [0.3, 0.4) is 0 Å². The molecule has 0 amide bonds. The summed E-state index contributed by atoms with van der Waals surface area (Å²) in [6.45, 7) is 4.66. The molecule has 1 heterocycles. The van der Waals surface area contributed by atoms with E-state index in [9.17, 15) is 4.79 Å². The van der Waals surface area contributed by atoms with Gasteiger partial charge in [0.25, 0.3) is 0 Å². The van der Waals surface area contributed by atoms with E-state index in [-0.39, 0.29) is 12.2 Å². The van der Waals surface area contributed by atoms with Gasteiger partial charge >= 0.3 is 5.97 Å². The Bertz CT molecular complexity index is 685. The first kappa shape index (κ1) is 15.9. The third-order valence-corrected chi connectivity index (χ3v) is 4.36. The first-order valence-corrected chi connectivity index (χ1v) is 7.55. The summed E-state index contributed by atoms with van der Waals surface area (Å²) in [5.41, 5.74) is 8.03. The van der Waals surface area contributed by atoms with Crippen molar-refractivity contribution in [1.82, 2.24) is 9.78 Å². The van der Waals surface area contributed by atoms with Gasteiger partial charge in [0, 0.05) is 12.2 Å². The van der Waals surface area contributed by atoms with Gasteiger partial charge in [0.05, 0.1) is 26.4 Å². The van der Waals surface area contributed by atoms with E-state index in [2.05, 4.69) is 21.0 Å². The number of rotatable bonds is 4. The number of carbonyl (C=O) groups excluding carboxylic acids is 1. The van der Waals surface area contributed by atoms with Crippen molar-refractivity contribution >= 4 is 39.2 Å². The summed E-state index contributed by atoms with van der Waals surface area (Å²) in [7, 11) is 0. The van der Waals surface area contributed by atoms with Crippen molar-refractivity contribution in [2.45, 2.75) is 27.0 Å². The van der Waals surface area contributed by atoms with E-state index < -0.39 is 5.97 Å². The van der Waals surface area contributed by atoms with Gasteiger partial charge in [-0.3, -0.25) is 4.68 Å². The maximum Gasteiger partial charge on any atom is 0.340 e. The van der Waals surface area contributed by atoms with Crippen LogP contribution in [0.25, 0.3) is 0 Å². The first-order valence-electron chi connectivity index (χ1n) is 6.38. The van der Waals surface area contributed by atoms with E-state index in [1.54, 1.807) is 16.8 Å². The highest BCUT2D eigenvalue weighted by atomic mass is 79.9. The van der Waals surface area contributed by atoms with Crippen LogP contribution in [0.2, 0.25) is 5.02 Å². The fraction of sp³-hybridized carbons (Fsp3) is 0.286. The largest absolute Gasteiger partial charge is 0.456 e. The summed E-state index contributed by atoms with van der Waals surface area (Å²) >= 11 is 9.44. The highest BCUT2D eigenvalue weighted by Gasteiger charge is 2.17. The molecule has 0 spiro atoms. The van der Waals surface area contributed by atoms with Crippen molar-refractivity contribution in [3.05, 3.63) is 44.6 Å². The number of anilines is 1. The normalized spacial score (nSPS) is 10.7. The number of aryl methyl sites for hydroxylation is 2. The Kier molecular flexibility index (Phi) is 4.90. The van der Waals surface area contributed by atoms with E-state index in [1.165, 1.54) is 6.07 Å². The predicted octanol–water partition coefficient (Wildman–Crippen LogP) is 3.57. The van der Waals surface area contributed by atoms with E-state index in [0.717, 1.165) is 15.9 Å². The van der Waals surface area contributed by atoms with Crippen LogP contribution < -0.4 is 5.73 Å². The second-order valence-electron chi connectivity index (χ2n) is 4.48. The highest BCUT2D eigenvalue weighted by Crippen LogP contribution is 2.24. The summed E-state index contributed by atoms with van der Waals surface area (Å²) < 4.78 is 7.95. The Labute approximate surface area is 136 Å². The molecule has 0 fully saturated rings. The van der Waals surface area contributed by atoms with Crippen LogP contribution in [0.5, 0.6) is 0 Å². The lowest BCUT2D eigenvalue weighted by Gasteiger charge is -2.09. The van der Waals surface area contributed by atoms with Crippen LogP contribution >= 0.6 is 27.5 Å². The van der Waals surface area contributed by atoms with Gasteiger partial charge in [-0.05, 0) is 48.0 Å². The van der Waals surface area contributed by atoms with Crippen LogP contribution in [0.4, 0.5) is 5.69 Å². The molecule has 2 N–H and O–H groups in total. The minimum absolute atomic E-state index is 0.110. The standard InChI is InChI=1S/C14H15BrClN3O2/c1-3-19-12(13(15)8(2)18-19)7-21-14(20)10-6-9(17)4-5-11(10)16/h4-6H,3,7,17H2,1-2H3. The molecule has 0 unspecified atom stereocenters. The molecule has 2 rings (SSSR count). The summed E-state index contributed by atoms with van der Waals surface area (Å²) in [5.74, 6) is -0.513. The molecule has 0 aliphatic heterocycles. The van der Waals surface area contributed by atoms with Gasteiger partial charge in [0.1, 0.15) is 6.61 Å². The number of halogens is 2. The van der Waals surface area contributed by atoms with Gasteiger partial charge in [0.2, 0.25) is 0 Å². The van der Waals surface area contributed by atoms with Crippen molar-refractivity contribution in [1.29, 1.82) is 0 Å². The molecule has 0 aliphatic carbocycles. The fourth-order valence-corrected chi connectivity index (χ4v) is 2.51. The Hall–Kier alpha value is -1.53. The van der Waals surface area contributed by atoms with E-state index >= 15 is 0 Å². The molecule has 0 atom stereocenters. The van der Waals surface area contributed by atoms with Crippen LogP contribution in [0.15, 0.2) is 22.7 Å². The number of aromatic nitrogens is 2. The van der Waals surface area contributed by atoms with Gasteiger partial charge < -0.3 is 10.5 Å². The lowest BCUT2D eigenvalue weighted by Crippen LogP contribution is -2.10. The lowest BCUT2D eigenvalue weighted by molar-refractivity contribution is 0.0462. The maximum absolute atomic E-state index is 12.1. The van der Waals surface area contributed by atoms with Gasteiger partial charge in [-0.1, -0.05) is 11.6 Å². The molecule has 112 valence electrons. The number of carbonyl (C=O) groups is 1. The minimum atomic E-state index is -0.513.